The van der Waals surface area contributed by atoms with Crippen LogP contribution in [-0.2, 0) is 0 Å². The number of aryl methyl sites for hydroxylation is 2. The van der Waals surface area contributed by atoms with Gasteiger partial charge in [-0.2, -0.15) is 18.3 Å². The first-order valence-corrected chi connectivity index (χ1v) is 8.81. The summed E-state index contributed by atoms with van der Waals surface area (Å²) >= 11 is 0. The minimum absolute atomic E-state index is 0.127. The van der Waals surface area contributed by atoms with Gasteiger partial charge in [-0.05, 0) is 44.9 Å². The van der Waals surface area contributed by atoms with E-state index in [2.05, 4.69) is 15.4 Å². The molecule has 1 amide bonds. The van der Waals surface area contributed by atoms with Crippen LogP contribution in [0, 0.1) is 13.8 Å². The van der Waals surface area contributed by atoms with Gasteiger partial charge < -0.3 is 5.32 Å². The van der Waals surface area contributed by atoms with Gasteiger partial charge in [-0.3, -0.25) is 9.69 Å². The van der Waals surface area contributed by atoms with Crippen molar-refractivity contribution in [1.82, 2.24) is 25.0 Å². The maximum absolute atomic E-state index is 12.4. The molecule has 2 aromatic rings. The van der Waals surface area contributed by atoms with Crippen molar-refractivity contribution >= 4 is 5.91 Å². The number of carbonyl (C=O) groups is 1. The van der Waals surface area contributed by atoms with E-state index < -0.39 is 12.7 Å². The Bertz CT molecular complexity index is 792. The summed E-state index contributed by atoms with van der Waals surface area (Å²) < 4.78 is 39.0. The summed E-state index contributed by atoms with van der Waals surface area (Å²) in [5.74, 6) is 0.356. The van der Waals surface area contributed by atoms with Crippen LogP contribution < -0.4 is 5.32 Å². The van der Waals surface area contributed by atoms with E-state index in [0.29, 0.717) is 37.3 Å². The quantitative estimate of drug-likeness (QED) is 0.885. The van der Waals surface area contributed by atoms with Gasteiger partial charge in [0.25, 0.3) is 5.91 Å². The number of likely N-dealkylation sites (tertiary alicyclic amines) is 1. The maximum atomic E-state index is 12.4. The number of alkyl halides is 3. The summed E-state index contributed by atoms with van der Waals surface area (Å²) in [5.41, 5.74) is 2.24. The van der Waals surface area contributed by atoms with Gasteiger partial charge in [0.2, 0.25) is 0 Å². The predicted octanol–water partition coefficient (Wildman–Crippen LogP) is 2.64. The monoisotopic (exact) mass is 381 g/mol. The van der Waals surface area contributed by atoms with E-state index in [0.717, 1.165) is 11.4 Å². The molecular weight excluding hydrogens is 359 g/mol. The molecule has 0 aromatic carbocycles. The number of carbonyl (C=O) groups excluding carboxylic acids is 1. The highest BCUT2D eigenvalue weighted by Crippen LogP contribution is 2.20. The fourth-order valence-electron chi connectivity index (χ4n) is 3.26. The Balaban J connectivity index is 1.55. The summed E-state index contributed by atoms with van der Waals surface area (Å²) in [6.07, 6.45) is -1.70. The van der Waals surface area contributed by atoms with E-state index in [4.69, 9.17) is 0 Å². The predicted molar refractivity (Wildman–Crippen MR) is 93.8 cm³/mol. The molecule has 0 unspecified atom stereocenters. The Hall–Kier alpha value is -2.42. The van der Waals surface area contributed by atoms with Crippen LogP contribution in [0.4, 0.5) is 13.2 Å². The molecule has 0 atom stereocenters. The molecule has 2 aromatic heterocycles. The molecule has 9 heteroatoms. The van der Waals surface area contributed by atoms with Crippen LogP contribution in [0.1, 0.15) is 34.6 Å². The highest BCUT2D eigenvalue weighted by Gasteiger charge is 2.32. The second-order valence-corrected chi connectivity index (χ2v) is 6.88. The summed E-state index contributed by atoms with van der Waals surface area (Å²) in [5, 5.41) is 7.23. The number of hydrogen-bond acceptors (Lipinski definition) is 4. The molecule has 146 valence electrons. The first-order chi connectivity index (χ1) is 12.7. The lowest BCUT2D eigenvalue weighted by atomic mass is 10.0. The third-order valence-corrected chi connectivity index (χ3v) is 4.56. The zero-order chi connectivity index (χ0) is 19.6. The fourth-order valence-corrected chi connectivity index (χ4v) is 3.26. The van der Waals surface area contributed by atoms with Crippen LogP contribution in [0.15, 0.2) is 24.4 Å². The fraction of sp³-hybridized carbons (Fsp3) is 0.500. The molecule has 1 aliphatic rings. The van der Waals surface area contributed by atoms with E-state index in [1.54, 1.807) is 16.8 Å². The smallest absolute Gasteiger partial charge is 0.349 e. The molecule has 3 heterocycles. The Morgan fingerprint density at radius 2 is 1.96 bits per heavy atom. The SMILES string of the molecule is Cc1cc(C)n(-c2ccc(C(=O)NC3CCN(CC(F)(F)F)CC3)cn2)n1. The molecule has 1 saturated heterocycles. The van der Waals surface area contributed by atoms with Gasteiger partial charge in [0.1, 0.15) is 0 Å². The average molecular weight is 381 g/mol. The highest BCUT2D eigenvalue weighted by molar-refractivity contribution is 5.94. The number of piperidine rings is 1. The molecular formula is C18H22F3N5O. The van der Waals surface area contributed by atoms with Crippen LogP contribution >= 0.6 is 0 Å². The van der Waals surface area contributed by atoms with E-state index in [1.165, 1.54) is 11.1 Å². The van der Waals surface area contributed by atoms with Crippen molar-refractivity contribution in [3.63, 3.8) is 0 Å². The first-order valence-electron chi connectivity index (χ1n) is 8.81. The van der Waals surface area contributed by atoms with Gasteiger partial charge in [-0.15, -0.1) is 0 Å². The number of rotatable bonds is 4. The Morgan fingerprint density at radius 3 is 2.48 bits per heavy atom. The zero-order valence-electron chi connectivity index (χ0n) is 15.3. The van der Waals surface area contributed by atoms with Crippen LogP contribution in [0.5, 0.6) is 0 Å². The molecule has 0 saturated carbocycles. The Labute approximate surface area is 155 Å². The van der Waals surface area contributed by atoms with Crippen LogP contribution in [0.25, 0.3) is 5.82 Å². The number of nitrogens with one attached hydrogen (secondary N) is 1. The highest BCUT2D eigenvalue weighted by atomic mass is 19.4. The number of aromatic nitrogens is 3. The second-order valence-electron chi connectivity index (χ2n) is 6.88. The van der Waals surface area contributed by atoms with Crippen molar-refractivity contribution in [2.24, 2.45) is 0 Å². The first kappa shape index (κ1) is 19.3. The van der Waals surface area contributed by atoms with Crippen molar-refractivity contribution < 1.29 is 18.0 Å². The van der Waals surface area contributed by atoms with Crippen molar-refractivity contribution in [1.29, 1.82) is 0 Å². The van der Waals surface area contributed by atoms with Crippen molar-refractivity contribution in [3.8, 4) is 5.82 Å². The Morgan fingerprint density at radius 1 is 1.26 bits per heavy atom. The average Bonchev–Trinajstić information content (AvgIpc) is 2.94. The van der Waals surface area contributed by atoms with Gasteiger partial charge in [0, 0.05) is 31.0 Å². The summed E-state index contributed by atoms with van der Waals surface area (Å²) in [4.78, 5) is 18.0. The molecule has 1 fully saturated rings. The summed E-state index contributed by atoms with van der Waals surface area (Å²) in [6, 6.07) is 5.21. The number of hydrogen-bond donors (Lipinski definition) is 1. The number of nitrogens with zero attached hydrogens (tertiary/aromatic N) is 4. The van der Waals surface area contributed by atoms with Gasteiger partial charge >= 0.3 is 6.18 Å². The minimum Gasteiger partial charge on any atom is -0.349 e. The standard InChI is InChI=1S/C18H22F3N5O/c1-12-9-13(2)26(24-12)16-4-3-14(10-22-16)17(27)23-15-5-7-25(8-6-15)11-18(19,20)21/h3-4,9-10,15H,5-8,11H2,1-2H3,(H,23,27). The molecule has 0 spiro atoms. The van der Waals surface area contributed by atoms with Crippen LogP contribution in [0.3, 0.4) is 0 Å². The Kier molecular flexibility index (Phi) is 5.50. The number of amides is 1. The molecule has 0 aliphatic carbocycles. The molecule has 1 N–H and O–H groups in total. The zero-order valence-corrected chi connectivity index (χ0v) is 15.3. The van der Waals surface area contributed by atoms with E-state index in [1.807, 2.05) is 19.9 Å². The van der Waals surface area contributed by atoms with Crippen molar-refractivity contribution in [2.75, 3.05) is 19.6 Å². The van der Waals surface area contributed by atoms with E-state index in [-0.39, 0.29) is 11.9 Å². The summed E-state index contributed by atoms with van der Waals surface area (Å²) in [6.45, 7) is 3.56. The minimum atomic E-state index is -4.19. The van der Waals surface area contributed by atoms with E-state index in [9.17, 15) is 18.0 Å². The molecule has 27 heavy (non-hydrogen) atoms. The maximum Gasteiger partial charge on any atom is 0.401 e. The third-order valence-electron chi connectivity index (χ3n) is 4.56. The molecule has 3 rings (SSSR count). The second kappa shape index (κ2) is 7.67. The lowest BCUT2D eigenvalue weighted by Gasteiger charge is -2.32. The summed E-state index contributed by atoms with van der Waals surface area (Å²) in [7, 11) is 0. The normalized spacial score (nSPS) is 16.5. The van der Waals surface area contributed by atoms with Gasteiger partial charge in [-0.25, -0.2) is 9.67 Å². The van der Waals surface area contributed by atoms with Gasteiger partial charge in [0.05, 0.1) is 17.8 Å². The lowest BCUT2D eigenvalue weighted by Crippen LogP contribution is -2.47. The van der Waals surface area contributed by atoms with Crippen molar-refractivity contribution in [3.05, 3.63) is 41.3 Å². The molecule has 6 nitrogen and oxygen atoms in total. The van der Waals surface area contributed by atoms with E-state index >= 15 is 0 Å². The lowest BCUT2D eigenvalue weighted by molar-refractivity contribution is -0.148. The molecule has 0 radical (unpaired) electrons. The largest absolute Gasteiger partial charge is 0.401 e. The van der Waals surface area contributed by atoms with Gasteiger partial charge in [-0.1, -0.05) is 0 Å². The molecule has 0 bridgehead atoms. The molecule has 1 aliphatic heterocycles. The third kappa shape index (κ3) is 5.06. The topological polar surface area (TPSA) is 63.1 Å². The number of pyridine rings is 1. The van der Waals surface area contributed by atoms with Crippen molar-refractivity contribution in [2.45, 2.75) is 38.9 Å². The van der Waals surface area contributed by atoms with Crippen LogP contribution in [0.2, 0.25) is 0 Å². The van der Waals surface area contributed by atoms with Crippen LogP contribution in [-0.4, -0.2) is 57.4 Å². The number of halogens is 3. The van der Waals surface area contributed by atoms with Gasteiger partial charge in [0.15, 0.2) is 5.82 Å².